The lowest BCUT2D eigenvalue weighted by Gasteiger charge is -2.69. The van der Waals surface area contributed by atoms with Gasteiger partial charge in [0.1, 0.15) is 23.7 Å². The third-order valence-corrected chi connectivity index (χ3v) is 6.38. The van der Waals surface area contributed by atoms with Gasteiger partial charge in [-0.15, -0.1) is 0 Å². The van der Waals surface area contributed by atoms with Crippen LogP contribution in [0.2, 0.25) is 0 Å². The molecule has 1 aromatic rings. The van der Waals surface area contributed by atoms with E-state index in [1.165, 1.54) is 25.8 Å². The largest absolute Gasteiger partial charge is 0.496 e. The first-order valence-electron chi connectivity index (χ1n) is 8.79. The number of nitrogens with zero attached hydrogens (tertiary/aromatic N) is 2. The van der Waals surface area contributed by atoms with Crippen LogP contribution in [0.25, 0.3) is 0 Å². The van der Waals surface area contributed by atoms with Crippen LogP contribution in [0.15, 0.2) is 30.0 Å². The number of hydrogen-bond donors (Lipinski definition) is 0. The average molecular weight is 326 g/mol. The van der Waals surface area contributed by atoms with E-state index >= 15 is 0 Å². The number of ether oxygens (including phenoxy) is 2. The standard InChI is InChI=1S/C19H22N2O3/c1-23-14-3-2-4-15-17(14)18(22)13(12-24-15)11-20-9-10-21-8-7-19(21)6-5-16(19)20/h2-4,11,16H,5-10,12H2,1H3/b13-11+. The molecular weight excluding hydrogens is 304 g/mol. The Morgan fingerprint density at radius 1 is 1.29 bits per heavy atom. The van der Waals surface area contributed by atoms with Gasteiger partial charge in [0.05, 0.1) is 12.7 Å². The number of carbonyl (C=O) groups is 1. The van der Waals surface area contributed by atoms with Crippen molar-refractivity contribution in [1.82, 2.24) is 9.80 Å². The normalized spacial score (nSPS) is 32.9. The minimum Gasteiger partial charge on any atom is -0.496 e. The first-order valence-corrected chi connectivity index (χ1v) is 8.79. The second-order valence-corrected chi connectivity index (χ2v) is 7.24. The van der Waals surface area contributed by atoms with Crippen molar-refractivity contribution in [1.29, 1.82) is 0 Å². The molecule has 5 heteroatoms. The van der Waals surface area contributed by atoms with Gasteiger partial charge >= 0.3 is 0 Å². The summed E-state index contributed by atoms with van der Waals surface area (Å²) in [4.78, 5) is 18.0. The van der Waals surface area contributed by atoms with Crippen LogP contribution in [0.5, 0.6) is 11.5 Å². The molecule has 1 aliphatic carbocycles. The number of hydrogen-bond acceptors (Lipinski definition) is 5. The summed E-state index contributed by atoms with van der Waals surface area (Å²) in [5.74, 6) is 1.26. The highest BCUT2D eigenvalue weighted by Gasteiger charge is 2.59. The lowest BCUT2D eigenvalue weighted by atomic mass is 9.62. The van der Waals surface area contributed by atoms with Crippen LogP contribution in [0.1, 0.15) is 29.6 Å². The maximum atomic E-state index is 13.0. The summed E-state index contributed by atoms with van der Waals surface area (Å²) in [6.45, 7) is 3.70. The van der Waals surface area contributed by atoms with Crippen molar-refractivity contribution in [2.45, 2.75) is 30.8 Å². The maximum absolute atomic E-state index is 13.0. The van der Waals surface area contributed by atoms with Crippen molar-refractivity contribution in [3.05, 3.63) is 35.5 Å². The van der Waals surface area contributed by atoms with Crippen LogP contribution in [0.4, 0.5) is 0 Å². The van der Waals surface area contributed by atoms with E-state index in [0.717, 1.165) is 18.7 Å². The van der Waals surface area contributed by atoms with E-state index in [0.29, 0.717) is 35.3 Å². The Morgan fingerprint density at radius 3 is 2.92 bits per heavy atom. The zero-order valence-corrected chi connectivity index (χ0v) is 14.0. The summed E-state index contributed by atoms with van der Waals surface area (Å²) >= 11 is 0. The molecule has 1 saturated carbocycles. The molecule has 0 aromatic heterocycles. The Morgan fingerprint density at radius 2 is 2.21 bits per heavy atom. The smallest absolute Gasteiger partial charge is 0.201 e. The van der Waals surface area contributed by atoms with Crippen LogP contribution in [-0.4, -0.2) is 60.5 Å². The quantitative estimate of drug-likeness (QED) is 0.779. The van der Waals surface area contributed by atoms with Crippen LogP contribution in [0, 0.1) is 0 Å². The van der Waals surface area contributed by atoms with Crippen molar-refractivity contribution in [3.8, 4) is 11.5 Å². The SMILES string of the molecule is COc1cccc2c1C(=O)/C(=C/N1CCN3CCC34CCC14)CO2. The lowest BCUT2D eigenvalue weighted by molar-refractivity contribution is -0.161. The van der Waals surface area contributed by atoms with Crippen LogP contribution in [-0.2, 0) is 0 Å². The van der Waals surface area contributed by atoms with Gasteiger partial charge in [0, 0.05) is 37.4 Å². The van der Waals surface area contributed by atoms with E-state index in [4.69, 9.17) is 9.47 Å². The predicted octanol–water partition coefficient (Wildman–Crippen LogP) is 2.08. The number of rotatable bonds is 2. The van der Waals surface area contributed by atoms with E-state index in [2.05, 4.69) is 16.0 Å². The number of ketones is 1. The molecule has 5 rings (SSSR count). The highest BCUT2D eigenvalue weighted by atomic mass is 16.5. The minimum atomic E-state index is 0.0399. The molecule has 3 fully saturated rings. The van der Waals surface area contributed by atoms with Gasteiger partial charge in [0.25, 0.3) is 0 Å². The Labute approximate surface area is 141 Å². The fourth-order valence-corrected chi connectivity index (χ4v) is 4.88. The van der Waals surface area contributed by atoms with Crippen LogP contribution < -0.4 is 9.47 Å². The highest BCUT2D eigenvalue weighted by molar-refractivity contribution is 6.13. The van der Waals surface area contributed by atoms with E-state index in [1.54, 1.807) is 7.11 Å². The molecular formula is C19H22N2O3. The Bertz CT molecular complexity index is 726. The molecule has 24 heavy (non-hydrogen) atoms. The molecule has 2 atom stereocenters. The number of piperazine rings is 1. The monoisotopic (exact) mass is 326 g/mol. The zero-order chi connectivity index (χ0) is 16.3. The van der Waals surface area contributed by atoms with Crippen molar-refractivity contribution >= 4 is 5.78 Å². The summed E-state index contributed by atoms with van der Waals surface area (Å²) in [5.41, 5.74) is 1.70. The van der Waals surface area contributed by atoms with Crippen LogP contribution in [0.3, 0.4) is 0 Å². The van der Waals surface area contributed by atoms with E-state index < -0.39 is 0 Å². The number of fused-ring (bicyclic) bond motifs is 1. The molecule has 0 bridgehead atoms. The summed E-state index contributed by atoms with van der Waals surface area (Å²) < 4.78 is 11.2. The van der Waals surface area contributed by atoms with E-state index in [1.807, 2.05) is 18.2 Å². The molecule has 1 aromatic carbocycles. The summed E-state index contributed by atoms with van der Waals surface area (Å²) in [6, 6.07) is 6.07. The summed E-state index contributed by atoms with van der Waals surface area (Å²) in [7, 11) is 1.59. The van der Waals surface area contributed by atoms with Crippen molar-refractivity contribution in [3.63, 3.8) is 0 Å². The summed E-state index contributed by atoms with van der Waals surface area (Å²) in [6.07, 6.45) is 5.91. The molecule has 0 radical (unpaired) electrons. The molecule has 0 amide bonds. The van der Waals surface area contributed by atoms with Gasteiger partial charge in [-0.2, -0.15) is 0 Å². The molecule has 4 aliphatic rings. The van der Waals surface area contributed by atoms with Gasteiger partial charge in [-0.25, -0.2) is 0 Å². The molecule has 2 saturated heterocycles. The van der Waals surface area contributed by atoms with Gasteiger partial charge in [0.15, 0.2) is 0 Å². The average Bonchev–Trinajstić information content (AvgIpc) is 2.54. The molecule has 3 aliphatic heterocycles. The molecule has 5 nitrogen and oxygen atoms in total. The molecule has 0 N–H and O–H groups in total. The molecule has 3 heterocycles. The van der Waals surface area contributed by atoms with Gasteiger partial charge in [-0.1, -0.05) is 6.07 Å². The van der Waals surface area contributed by atoms with E-state index in [9.17, 15) is 4.79 Å². The number of Topliss-reactive ketones (excluding diaryl/α,β-unsaturated/α-hetero) is 1. The second kappa shape index (κ2) is 4.99. The topological polar surface area (TPSA) is 42.0 Å². The number of benzene rings is 1. The Balaban J connectivity index is 1.45. The van der Waals surface area contributed by atoms with Crippen LogP contribution >= 0.6 is 0 Å². The van der Waals surface area contributed by atoms with Gasteiger partial charge in [0.2, 0.25) is 5.78 Å². The first kappa shape index (κ1) is 14.3. The van der Waals surface area contributed by atoms with Crippen molar-refractivity contribution in [2.24, 2.45) is 0 Å². The van der Waals surface area contributed by atoms with E-state index in [-0.39, 0.29) is 5.78 Å². The molecule has 2 unspecified atom stereocenters. The lowest BCUT2D eigenvalue weighted by Crippen LogP contribution is -2.78. The maximum Gasteiger partial charge on any atom is 0.201 e. The predicted molar refractivity (Wildman–Crippen MR) is 89.6 cm³/mol. The highest BCUT2D eigenvalue weighted by Crippen LogP contribution is 2.51. The fraction of sp³-hybridized carbons (Fsp3) is 0.526. The zero-order valence-electron chi connectivity index (χ0n) is 14.0. The summed E-state index contributed by atoms with van der Waals surface area (Å²) in [5, 5.41) is 0. The third kappa shape index (κ3) is 1.76. The van der Waals surface area contributed by atoms with Crippen molar-refractivity contribution in [2.75, 3.05) is 33.4 Å². The van der Waals surface area contributed by atoms with Gasteiger partial charge in [-0.3, -0.25) is 9.69 Å². The first-order chi connectivity index (χ1) is 11.7. The Kier molecular flexibility index (Phi) is 2.98. The van der Waals surface area contributed by atoms with Gasteiger partial charge in [-0.05, 0) is 31.4 Å². The molecule has 1 spiro atoms. The Hall–Kier alpha value is -2.01. The van der Waals surface area contributed by atoms with Gasteiger partial charge < -0.3 is 14.4 Å². The fourth-order valence-electron chi connectivity index (χ4n) is 4.88. The number of carbonyl (C=O) groups excluding carboxylic acids is 1. The number of methoxy groups -OCH3 is 1. The molecule has 126 valence electrons. The van der Waals surface area contributed by atoms with Crippen molar-refractivity contribution < 1.29 is 14.3 Å². The minimum absolute atomic E-state index is 0.0399. The third-order valence-electron chi connectivity index (χ3n) is 6.38. The second-order valence-electron chi connectivity index (χ2n) is 7.24.